The van der Waals surface area contributed by atoms with Crippen molar-refractivity contribution >= 4 is 16.8 Å². The van der Waals surface area contributed by atoms with E-state index in [-0.39, 0.29) is 11.8 Å². The van der Waals surface area contributed by atoms with Crippen LogP contribution in [-0.2, 0) is 4.79 Å². The Kier molecular flexibility index (Phi) is 5.42. The van der Waals surface area contributed by atoms with Crippen molar-refractivity contribution in [1.82, 2.24) is 15.6 Å². The lowest BCUT2D eigenvalue weighted by molar-refractivity contribution is -0.125. The highest BCUT2D eigenvalue weighted by Crippen LogP contribution is 2.22. The summed E-state index contributed by atoms with van der Waals surface area (Å²) < 4.78 is 5.82. The molecule has 1 aromatic carbocycles. The number of piperidine rings is 1. The summed E-state index contributed by atoms with van der Waals surface area (Å²) in [6, 6.07) is 9.86. The van der Waals surface area contributed by atoms with Gasteiger partial charge in [0.2, 0.25) is 5.91 Å². The van der Waals surface area contributed by atoms with Crippen molar-refractivity contribution in [2.75, 3.05) is 26.2 Å². The number of hydrogen-bond donors (Lipinski definition) is 2. The lowest BCUT2D eigenvalue weighted by atomic mass is 9.99. The molecule has 1 atom stereocenters. The van der Waals surface area contributed by atoms with Crippen LogP contribution in [0.4, 0.5) is 0 Å². The number of rotatable bonds is 6. The Labute approximate surface area is 136 Å². The van der Waals surface area contributed by atoms with Crippen LogP contribution in [0.3, 0.4) is 0 Å². The standard InChI is InChI=1S/C18H23N3O2/c22-18(15-7-2-9-19-13-15)21-11-4-12-23-16-8-1-5-14-6-3-10-20-17(14)16/h1,3,5-6,8,10,15,19H,2,4,7,9,11-13H2,(H,21,22). The van der Waals surface area contributed by atoms with Crippen LogP contribution < -0.4 is 15.4 Å². The number of aromatic nitrogens is 1. The smallest absolute Gasteiger partial charge is 0.224 e. The molecule has 0 bridgehead atoms. The zero-order valence-electron chi connectivity index (χ0n) is 13.3. The van der Waals surface area contributed by atoms with Crippen molar-refractivity contribution in [3.05, 3.63) is 36.5 Å². The van der Waals surface area contributed by atoms with Crippen LogP contribution in [0.1, 0.15) is 19.3 Å². The molecule has 1 aliphatic heterocycles. The van der Waals surface area contributed by atoms with E-state index in [4.69, 9.17) is 4.74 Å². The van der Waals surface area contributed by atoms with Crippen LogP contribution in [0, 0.1) is 5.92 Å². The number of amides is 1. The summed E-state index contributed by atoms with van der Waals surface area (Å²) >= 11 is 0. The predicted molar refractivity (Wildman–Crippen MR) is 90.5 cm³/mol. The largest absolute Gasteiger partial charge is 0.491 e. The molecular weight excluding hydrogens is 290 g/mol. The Morgan fingerprint density at radius 1 is 1.35 bits per heavy atom. The van der Waals surface area contributed by atoms with E-state index < -0.39 is 0 Å². The lowest BCUT2D eigenvalue weighted by Crippen LogP contribution is -2.40. The zero-order chi connectivity index (χ0) is 15.9. The fraction of sp³-hybridized carbons (Fsp3) is 0.444. The highest BCUT2D eigenvalue weighted by Gasteiger charge is 2.19. The third-order valence-corrected chi connectivity index (χ3v) is 4.14. The molecule has 122 valence electrons. The van der Waals surface area contributed by atoms with Gasteiger partial charge in [0.1, 0.15) is 11.3 Å². The molecule has 5 heteroatoms. The van der Waals surface area contributed by atoms with E-state index in [1.54, 1.807) is 6.20 Å². The van der Waals surface area contributed by atoms with Gasteiger partial charge in [-0.05, 0) is 37.9 Å². The van der Waals surface area contributed by atoms with Gasteiger partial charge in [-0.25, -0.2) is 0 Å². The van der Waals surface area contributed by atoms with E-state index in [0.717, 1.165) is 49.0 Å². The number of benzene rings is 1. The molecule has 3 rings (SSSR count). The van der Waals surface area contributed by atoms with Gasteiger partial charge in [0, 0.05) is 24.7 Å². The van der Waals surface area contributed by atoms with Crippen LogP contribution in [-0.4, -0.2) is 37.1 Å². The predicted octanol–water partition coefficient (Wildman–Crippen LogP) is 2.12. The highest BCUT2D eigenvalue weighted by molar-refractivity contribution is 5.84. The van der Waals surface area contributed by atoms with E-state index >= 15 is 0 Å². The molecule has 0 spiro atoms. The molecule has 2 aromatic rings. The second kappa shape index (κ2) is 7.92. The molecule has 1 aromatic heterocycles. The van der Waals surface area contributed by atoms with Gasteiger partial charge in [-0.3, -0.25) is 9.78 Å². The molecule has 0 saturated carbocycles. The van der Waals surface area contributed by atoms with Crippen molar-refractivity contribution in [3.8, 4) is 5.75 Å². The molecule has 0 aliphatic carbocycles. The Morgan fingerprint density at radius 2 is 2.26 bits per heavy atom. The Morgan fingerprint density at radius 3 is 3.13 bits per heavy atom. The topological polar surface area (TPSA) is 63.2 Å². The quantitative estimate of drug-likeness (QED) is 0.802. The number of hydrogen-bond acceptors (Lipinski definition) is 4. The van der Waals surface area contributed by atoms with Crippen LogP contribution >= 0.6 is 0 Å². The van der Waals surface area contributed by atoms with Gasteiger partial charge < -0.3 is 15.4 Å². The summed E-state index contributed by atoms with van der Waals surface area (Å²) in [5, 5.41) is 7.34. The number of nitrogens with zero attached hydrogens (tertiary/aromatic N) is 1. The number of para-hydroxylation sites is 1. The van der Waals surface area contributed by atoms with Gasteiger partial charge in [-0.2, -0.15) is 0 Å². The van der Waals surface area contributed by atoms with Crippen LogP contribution in [0.5, 0.6) is 5.75 Å². The maximum atomic E-state index is 12.0. The molecule has 23 heavy (non-hydrogen) atoms. The summed E-state index contributed by atoms with van der Waals surface area (Å²) in [6.45, 7) is 3.03. The van der Waals surface area contributed by atoms with Gasteiger partial charge in [0.05, 0.1) is 12.5 Å². The van der Waals surface area contributed by atoms with Crippen LogP contribution in [0.25, 0.3) is 10.9 Å². The minimum absolute atomic E-state index is 0.118. The third kappa shape index (κ3) is 4.20. The number of ether oxygens (including phenoxy) is 1. The maximum absolute atomic E-state index is 12.0. The third-order valence-electron chi connectivity index (χ3n) is 4.14. The van der Waals surface area contributed by atoms with Gasteiger partial charge in [-0.15, -0.1) is 0 Å². The Bertz CT molecular complexity index is 648. The van der Waals surface area contributed by atoms with Crippen molar-refractivity contribution in [2.45, 2.75) is 19.3 Å². The first-order chi connectivity index (χ1) is 11.3. The molecule has 0 radical (unpaired) electrons. The lowest BCUT2D eigenvalue weighted by Gasteiger charge is -2.21. The van der Waals surface area contributed by atoms with E-state index in [1.807, 2.05) is 30.3 Å². The number of carbonyl (C=O) groups is 1. The average Bonchev–Trinajstić information content (AvgIpc) is 2.62. The summed E-state index contributed by atoms with van der Waals surface area (Å²) in [5.41, 5.74) is 0.882. The molecule has 1 unspecified atom stereocenters. The van der Waals surface area contributed by atoms with Crippen LogP contribution in [0.15, 0.2) is 36.5 Å². The van der Waals surface area contributed by atoms with Gasteiger partial charge in [0.15, 0.2) is 0 Å². The highest BCUT2D eigenvalue weighted by atomic mass is 16.5. The van der Waals surface area contributed by atoms with Gasteiger partial charge >= 0.3 is 0 Å². The summed E-state index contributed by atoms with van der Waals surface area (Å²) in [4.78, 5) is 16.4. The fourth-order valence-corrected chi connectivity index (χ4v) is 2.88. The normalized spacial score (nSPS) is 17.8. The molecule has 1 fully saturated rings. The molecule has 2 heterocycles. The Balaban J connectivity index is 1.42. The Hall–Kier alpha value is -2.14. The molecule has 1 amide bonds. The second-order valence-electron chi connectivity index (χ2n) is 5.87. The van der Waals surface area contributed by atoms with Gasteiger partial charge in [0.25, 0.3) is 0 Å². The first kappa shape index (κ1) is 15.7. The molecule has 2 N–H and O–H groups in total. The molecular formula is C18H23N3O2. The summed E-state index contributed by atoms with van der Waals surface area (Å²) in [7, 11) is 0. The maximum Gasteiger partial charge on any atom is 0.224 e. The second-order valence-corrected chi connectivity index (χ2v) is 5.87. The van der Waals surface area contributed by atoms with E-state index in [9.17, 15) is 4.79 Å². The minimum Gasteiger partial charge on any atom is -0.491 e. The summed E-state index contributed by atoms with van der Waals surface area (Å²) in [6.07, 6.45) is 4.62. The number of fused-ring (bicyclic) bond motifs is 1. The van der Waals surface area contributed by atoms with E-state index in [0.29, 0.717) is 13.2 Å². The fourth-order valence-electron chi connectivity index (χ4n) is 2.88. The van der Waals surface area contributed by atoms with Gasteiger partial charge in [-0.1, -0.05) is 18.2 Å². The number of nitrogens with one attached hydrogen (secondary N) is 2. The van der Waals surface area contributed by atoms with Crippen molar-refractivity contribution in [3.63, 3.8) is 0 Å². The minimum atomic E-state index is 0.118. The van der Waals surface area contributed by atoms with Crippen LogP contribution in [0.2, 0.25) is 0 Å². The van der Waals surface area contributed by atoms with E-state index in [1.165, 1.54) is 0 Å². The first-order valence-electron chi connectivity index (χ1n) is 8.29. The molecule has 5 nitrogen and oxygen atoms in total. The van der Waals surface area contributed by atoms with Crippen molar-refractivity contribution in [2.24, 2.45) is 5.92 Å². The first-order valence-corrected chi connectivity index (χ1v) is 8.29. The zero-order valence-corrected chi connectivity index (χ0v) is 13.3. The monoisotopic (exact) mass is 313 g/mol. The number of pyridine rings is 1. The SMILES string of the molecule is O=C(NCCCOc1cccc2cccnc12)C1CCCNC1. The van der Waals surface area contributed by atoms with Crippen molar-refractivity contribution in [1.29, 1.82) is 0 Å². The summed E-state index contributed by atoms with van der Waals surface area (Å²) in [5.74, 6) is 1.07. The molecule has 1 aliphatic rings. The van der Waals surface area contributed by atoms with E-state index in [2.05, 4.69) is 15.6 Å². The van der Waals surface area contributed by atoms with Crippen molar-refractivity contribution < 1.29 is 9.53 Å². The number of carbonyl (C=O) groups excluding carboxylic acids is 1. The molecule has 1 saturated heterocycles. The average molecular weight is 313 g/mol.